The van der Waals surface area contributed by atoms with Gasteiger partial charge in [0.2, 0.25) is 4.32 Å². The Morgan fingerprint density at radius 1 is 1.19 bits per heavy atom. The molecule has 0 aliphatic heterocycles. The van der Waals surface area contributed by atoms with Gasteiger partial charge in [0.1, 0.15) is 5.92 Å². The second-order valence-corrected chi connectivity index (χ2v) is 5.25. The second-order valence-electron chi connectivity index (χ2n) is 4.00. The highest BCUT2D eigenvalue weighted by Crippen LogP contribution is 2.41. The molecule has 1 unspecified atom stereocenters. The van der Waals surface area contributed by atoms with E-state index in [0.717, 1.165) is 6.07 Å². The van der Waals surface area contributed by atoms with E-state index in [0.29, 0.717) is 0 Å². The van der Waals surface area contributed by atoms with Gasteiger partial charge in [0.05, 0.1) is 35.1 Å². The smallest absolute Gasteiger partial charge is 0.258 e. The topological polar surface area (TPSA) is 138 Å². The lowest BCUT2D eigenvalue weighted by Crippen LogP contribution is -2.31. The maximum Gasteiger partial charge on any atom is 0.269 e. The molecule has 0 aliphatic rings. The Labute approximate surface area is 128 Å². The van der Waals surface area contributed by atoms with Crippen molar-refractivity contribution < 1.29 is 4.92 Å². The van der Waals surface area contributed by atoms with Gasteiger partial charge in [0.15, 0.2) is 0 Å². The van der Waals surface area contributed by atoms with Crippen molar-refractivity contribution in [3.05, 3.63) is 39.9 Å². The summed E-state index contributed by atoms with van der Waals surface area (Å²) >= 11 is 2.94. The van der Waals surface area contributed by atoms with Crippen LogP contribution >= 0.6 is 15.9 Å². The lowest BCUT2D eigenvalue weighted by atomic mass is 9.78. The van der Waals surface area contributed by atoms with Crippen molar-refractivity contribution in [3.63, 3.8) is 0 Å². The summed E-state index contributed by atoms with van der Waals surface area (Å²) in [4.78, 5) is 10.2. The highest BCUT2D eigenvalue weighted by atomic mass is 79.9. The van der Waals surface area contributed by atoms with Crippen molar-refractivity contribution >= 4 is 21.6 Å². The highest BCUT2D eigenvalue weighted by molar-refractivity contribution is 9.10. The predicted molar refractivity (Wildman–Crippen MR) is 73.4 cm³/mol. The number of non-ortho nitro benzene ring substituents is 1. The first kappa shape index (κ1) is 16.1. The monoisotopic (exact) mass is 343 g/mol. The summed E-state index contributed by atoms with van der Waals surface area (Å²) in [6, 6.07) is 12.0. The van der Waals surface area contributed by atoms with Crippen LogP contribution in [-0.4, -0.2) is 9.25 Å². The van der Waals surface area contributed by atoms with Crippen molar-refractivity contribution in [2.75, 3.05) is 0 Å². The van der Waals surface area contributed by atoms with Gasteiger partial charge < -0.3 is 0 Å². The summed E-state index contributed by atoms with van der Waals surface area (Å²) in [7, 11) is 0. The van der Waals surface area contributed by atoms with Crippen LogP contribution in [0.2, 0.25) is 0 Å². The zero-order valence-corrected chi connectivity index (χ0v) is 12.0. The first-order chi connectivity index (χ1) is 9.93. The van der Waals surface area contributed by atoms with Gasteiger partial charge in [0.25, 0.3) is 5.69 Å². The van der Waals surface area contributed by atoms with Crippen molar-refractivity contribution in [3.8, 4) is 24.3 Å². The highest BCUT2D eigenvalue weighted by Gasteiger charge is 2.44. The second kappa shape index (κ2) is 6.48. The summed E-state index contributed by atoms with van der Waals surface area (Å²) in [6.07, 6.45) is 0. The molecule has 0 saturated heterocycles. The number of rotatable bonds is 4. The number of alkyl halides is 1. The van der Waals surface area contributed by atoms with Gasteiger partial charge in [-0.25, -0.2) is 0 Å². The zero-order valence-electron chi connectivity index (χ0n) is 10.4. The third kappa shape index (κ3) is 3.15. The van der Waals surface area contributed by atoms with E-state index in [1.807, 2.05) is 0 Å². The Bertz CT molecular complexity index is 707. The normalized spacial score (nSPS) is 11.5. The largest absolute Gasteiger partial charge is 0.269 e. The fourth-order valence-electron chi connectivity index (χ4n) is 1.83. The Hall–Kier alpha value is -2.94. The molecule has 0 aromatic heterocycles. The number of benzene rings is 1. The van der Waals surface area contributed by atoms with Crippen LogP contribution in [0.15, 0.2) is 24.3 Å². The standard InChI is InChI=1S/C13H6BrN5O2/c14-13(7-17,8-18)12(10(5-15)6-16)9-2-1-3-11(4-9)19(20)21/h1-4,10,12H. The molecule has 0 bridgehead atoms. The lowest BCUT2D eigenvalue weighted by molar-refractivity contribution is -0.384. The molecule has 0 N–H and O–H groups in total. The molecule has 1 rings (SSSR count). The molecule has 8 heteroatoms. The van der Waals surface area contributed by atoms with Crippen LogP contribution in [0.1, 0.15) is 11.5 Å². The van der Waals surface area contributed by atoms with Gasteiger partial charge in [0, 0.05) is 12.1 Å². The third-order valence-corrected chi connectivity index (χ3v) is 3.65. The molecule has 21 heavy (non-hydrogen) atoms. The van der Waals surface area contributed by atoms with E-state index in [2.05, 4.69) is 15.9 Å². The molecule has 1 aromatic carbocycles. The lowest BCUT2D eigenvalue weighted by Gasteiger charge is -2.24. The molecule has 1 atom stereocenters. The van der Waals surface area contributed by atoms with E-state index in [1.54, 1.807) is 24.3 Å². The fourth-order valence-corrected chi connectivity index (χ4v) is 2.35. The van der Waals surface area contributed by atoms with Gasteiger partial charge in [-0.2, -0.15) is 21.0 Å². The number of nitrogens with zero attached hydrogens (tertiary/aromatic N) is 5. The van der Waals surface area contributed by atoms with Gasteiger partial charge in [-0.3, -0.25) is 10.1 Å². The SMILES string of the molecule is N#CC(C#N)C(c1cccc([N+](=O)[O-])c1)C(Br)(C#N)C#N. The van der Waals surface area contributed by atoms with Crippen LogP contribution < -0.4 is 0 Å². The van der Waals surface area contributed by atoms with Crippen LogP contribution in [0, 0.1) is 61.4 Å². The molecule has 7 nitrogen and oxygen atoms in total. The molecule has 102 valence electrons. The average Bonchev–Trinajstić information content (AvgIpc) is 2.51. The van der Waals surface area contributed by atoms with Crippen molar-refractivity contribution in [1.82, 2.24) is 0 Å². The molecule has 0 amide bonds. The summed E-state index contributed by atoms with van der Waals surface area (Å²) in [5, 5.41) is 47.2. The maximum absolute atomic E-state index is 10.8. The Balaban J connectivity index is 3.55. The van der Waals surface area contributed by atoms with Crippen LogP contribution in [0.4, 0.5) is 5.69 Å². The Morgan fingerprint density at radius 2 is 1.76 bits per heavy atom. The minimum Gasteiger partial charge on any atom is -0.258 e. The Morgan fingerprint density at radius 3 is 2.19 bits per heavy atom. The van der Waals surface area contributed by atoms with Crippen molar-refractivity contribution in [2.45, 2.75) is 10.2 Å². The van der Waals surface area contributed by atoms with E-state index in [9.17, 15) is 10.1 Å². The molecule has 0 radical (unpaired) electrons. The quantitative estimate of drug-likeness (QED) is 0.467. The van der Waals surface area contributed by atoms with Crippen LogP contribution in [-0.2, 0) is 0 Å². The third-order valence-electron chi connectivity index (χ3n) is 2.81. The number of hydrogen-bond donors (Lipinski definition) is 0. The number of halogens is 1. The predicted octanol–water partition coefficient (Wildman–Crippen LogP) is 2.52. The van der Waals surface area contributed by atoms with Crippen LogP contribution in [0.25, 0.3) is 0 Å². The summed E-state index contributed by atoms with van der Waals surface area (Å²) < 4.78 is -1.83. The first-order valence-electron chi connectivity index (χ1n) is 5.48. The van der Waals surface area contributed by atoms with Gasteiger partial charge >= 0.3 is 0 Å². The molecule has 0 fully saturated rings. The van der Waals surface area contributed by atoms with E-state index >= 15 is 0 Å². The van der Waals surface area contributed by atoms with Crippen LogP contribution in [0.5, 0.6) is 0 Å². The van der Waals surface area contributed by atoms with Gasteiger partial charge in [-0.05, 0) is 5.56 Å². The van der Waals surface area contributed by atoms with E-state index in [1.165, 1.54) is 18.2 Å². The fraction of sp³-hybridized carbons (Fsp3) is 0.231. The zero-order chi connectivity index (χ0) is 16.0. The van der Waals surface area contributed by atoms with Crippen LogP contribution in [0.3, 0.4) is 0 Å². The Kier molecular flexibility index (Phi) is 4.97. The molecule has 0 saturated carbocycles. The minimum absolute atomic E-state index is 0.192. The number of nitro benzene ring substituents is 1. The van der Waals surface area contributed by atoms with E-state index in [-0.39, 0.29) is 11.3 Å². The maximum atomic E-state index is 10.8. The number of nitriles is 4. The molecule has 0 aliphatic carbocycles. The molecule has 0 heterocycles. The molecule has 1 aromatic rings. The molecular formula is C13H6BrN5O2. The first-order valence-corrected chi connectivity index (χ1v) is 6.27. The van der Waals surface area contributed by atoms with Gasteiger partial charge in [-0.1, -0.05) is 28.1 Å². The summed E-state index contributed by atoms with van der Waals surface area (Å²) in [5.41, 5.74) is -0.0601. The van der Waals surface area contributed by atoms with Crippen molar-refractivity contribution in [1.29, 1.82) is 21.0 Å². The van der Waals surface area contributed by atoms with Crippen molar-refractivity contribution in [2.24, 2.45) is 5.92 Å². The van der Waals surface area contributed by atoms with E-state index in [4.69, 9.17) is 21.0 Å². The summed E-state index contributed by atoms with van der Waals surface area (Å²) in [6.45, 7) is 0. The molecular weight excluding hydrogens is 338 g/mol. The van der Waals surface area contributed by atoms with E-state index < -0.39 is 21.1 Å². The minimum atomic E-state index is -1.83. The molecule has 0 spiro atoms. The van der Waals surface area contributed by atoms with Gasteiger partial charge in [-0.15, -0.1) is 0 Å². The summed E-state index contributed by atoms with van der Waals surface area (Å²) in [5.74, 6) is -2.46. The average molecular weight is 344 g/mol. The number of nitro groups is 1. The number of hydrogen-bond acceptors (Lipinski definition) is 6.